The zero-order valence-corrected chi connectivity index (χ0v) is 23.3. The van der Waals surface area contributed by atoms with Crippen molar-refractivity contribution in [2.24, 2.45) is 0 Å². The van der Waals surface area contributed by atoms with Crippen LogP contribution in [0.2, 0.25) is 10.0 Å². The van der Waals surface area contributed by atoms with Crippen LogP contribution in [0.1, 0.15) is 34.1 Å². The molecule has 0 spiro atoms. The molecule has 5 aromatic rings. The molecule has 41 heavy (non-hydrogen) atoms. The van der Waals surface area contributed by atoms with Crippen LogP contribution in [0.4, 0.5) is 0 Å². The van der Waals surface area contributed by atoms with Crippen LogP contribution in [-0.4, -0.2) is 33.7 Å². The van der Waals surface area contributed by atoms with Crippen LogP contribution in [0.5, 0.6) is 11.6 Å². The standard InChI is InChI=1S/C31H23Cl2N3O5/c1-21(37)39-20-40-30(38)28-29(41-25-17-18-26(32)27(33)19-25)34-35-36(28)31(22-11-5-2-6-12-22,23-13-7-3-8-14-23)24-15-9-4-10-16-24/h2-19H,20H2,1H3. The Balaban J connectivity index is 1.78. The van der Waals surface area contributed by atoms with Gasteiger partial charge in [0.15, 0.2) is 0 Å². The number of carbonyl (C=O) groups is 2. The number of aromatic nitrogens is 3. The van der Waals surface area contributed by atoms with Gasteiger partial charge >= 0.3 is 11.9 Å². The van der Waals surface area contributed by atoms with E-state index in [1.807, 2.05) is 91.0 Å². The van der Waals surface area contributed by atoms with Crippen LogP contribution < -0.4 is 4.74 Å². The number of hydrogen-bond donors (Lipinski definition) is 0. The molecule has 0 fully saturated rings. The number of esters is 2. The monoisotopic (exact) mass is 587 g/mol. The summed E-state index contributed by atoms with van der Waals surface area (Å²) in [7, 11) is 0. The second-order valence-electron chi connectivity index (χ2n) is 8.83. The molecule has 0 amide bonds. The highest BCUT2D eigenvalue weighted by Crippen LogP contribution is 2.43. The van der Waals surface area contributed by atoms with Gasteiger partial charge in [-0.3, -0.25) is 4.79 Å². The van der Waals surface area contributed by atoms with Crippen LogP contribution in [0.15, 0.2) is 109 Å². The van der Waals surface area contributed by atoms with E-state index < -0.39 is 24.3 Å². The summed E-state index contributed by atoms with van der Waals surface area (Å²) >= 11 is 12.3. The first-order chi connectivity index (χ1) is 19.9. The van der Waals surface area contributed by atoms with Crippen molar-refractivity contribution >= 4 is 35.1 Å². The molecule has 0 saturated heterocycles. The van der Waals surface area contributed by atoms with Gasteiger partial charge in [0.05, 0.1) is 10.0 Å². The third-order valence-electron chi connectivity index (χ3n) is 6.28. The predicted molar refractivity (Wildman–Crippen MR) is 153 cm³/mol. The fourth-order valence-corrected chi connectivity index (χ4v) is 4.82. The minimum Gasteiger partial charge on any atom is -0.436 e. The van der Waals surface area contributed by atoms with Gasteiger partial charge in [0, 0.05) is 13.0 Å². The molecular weight excluding hydrogens is 565 g/mol. The summed E-state index contributed by atoms with van der Waals surface area (Å²) in [6, 6.07) is 33.4. The van der Waals surface area contributed by atoms with Crippen LogP contribution >= 0.6 is 23.2 Å². The van der Waals surface area contributed by atoms with Gasteiger partial charge in [-0.25, -0.2) is 9.48 Å². The van der Waals surface area contributed by atoms with Crippen molar-refractivity contribution < 1.29 is 23.8 Å². The molecule has 0 saturated carbocycles. The quantitative estimate of drug-likeness (QED) is 0.105. The van der Waals surface area contributed by atoms with E-state index in [4.69, 9.17) is 37.4 Å². The third-order valence-corrected chi connectivity index (χ3v) is 7.02. The lowest BCUT2D eigenvalue weighted by Crippen LogP contribution is -2.40. The van der Waals surface area contributed by atoms with Gasteiger partial charge in [0.2, 0.25) is 12.5 Å². The first kappa shape index (κ1) is 27.9. The summed E-state index contributed by atoms with van der Waals surface area (Å²) < 4.78 is 17.7. The Kier molecular flexibility index (Phi) is 8.33. The predicted octanol–water partition coefficient (Wildman–Crippen LogP) is 6.89. The molecule has 0 unspecified atom stereocenters. The smallest absolute Gasteiger partial charge is 0.365 e. The lowest BCUT2D eigenvalue weighted by atomic mass is 9.77. The van der Waals surface area contributed by atoms with Gasteiger partial charge in [-0.15, -0.1) is 0 Å². The zero-order valence-electron chi connectivity index (χ0n) is 21.7. The van der Waals surface area contributed by atoms with Crippen molar-refractivity contribution in [1.29, 1.82) is 0 Å². The topological polar surface area (TPSA) is 92.5 Å². The summed E-state index contributed by atoms with van der Waals surface area (Å²) in [6.07, 6.45) is 0. The fourth-order valence-electron chi connectivity index (χ4n) is 4.54. The van der Waals surface area contributed by atoms with Gasteiger partial charge in [-0.2, -0.15) is 0 Å². The minimum atomic E-state index is -1.20. The van der Waals surface area contributed by atoms with Crippen molar-refractivity contribution in [2.45, 2.75) is 12.5 Å². The number of hydrogen-bond acceptors (Lipinski definition) is 7. The Bertz CT molecular complexity index is 1570. The summed E-state index contributed by atoms with van der Waals surface area (Å²) in [6.45, 7) is 0.601. The Morgan fingerprint density at radius 3 is 1.78 bits per heavy atom. The van der Waals surface area contributed by atoms with E-state index in [0.717, 1.165) is 16.7 Å². The molecule has 1 heterocycles. The Morgan fingerprint density at radius 1 is 0.756 bits per heavy atom. The normalized spacial score (nSPS) is 11.1. The van der Waals surface area contributed by atoms with Gasteiger partial charge < -0.3 is 14.2 Å². The average molecular weight is 588 g/mol. The highest BCUT2D eigenvalue weighted by atomic mass is 35.5. The van der Waals surface area contributed by atoms with Crippen LogP contribution in [0.25, 0.3) is 0 Å². The number of nitrogens with zero attached hydrogens (tertiary/aromatic N) is 3. The van der Waals surface area contributed by atoms with E-state index in [-0.39, 0.29) is 22.3 Å². The molecule has 4 aromatic carbocycles. The average Bonchev–Trinajstić information content (AvgIpc) is 3.40. The molecule has 5 rings (SSSR count). The van der Waals surface area contributed by atoms with E-state index in [2.05, 4.69) is 10.3 Å². The van der Waals surface area contributed by atoms with E-state index in [1.54, 1.807) is 12.1 Å². The Hall–Kier alpha value is -4.66. The van der Waals surface area contributed by atoms with Gasteiger partial charge in [0.25, 0.3) is 5.88 Å². The second kappa shape index (κ2) is 12.2. The molecule has 0 aliphatic rings. The first-order valence-electron chi connectivity index (χ1n) is 12.5. The number of carbonyl (C=O) groups excluding carboxylic acids is 2. The number of benzene rings is 4. The number of rotatable bonds is 9. The van der Waals surface area contributed by atoms with Crippen molar-refractivity contribution in [1.82, 2.24) is 15.0 Å². The molecule has 0 aliphatic carbocycles. The van der Waals surface area contributed by atoms with Crippen molar-refractivity contribution in [3.05, 3.63) is 142 Å². The first-order valence-corrected chi connectivity index (χ1v) is 13.2. The summed E-state index contributed by atoms with van der Waals surface area (Å²) in [5.41, 5.74) is 1.04. The summed E-state index contributed by atoms with van der Waals surface area (Å²) in [4.78, 5) is 25.1. The second-order valence-corrected chi connectivity index (χ2v) is 9.64. The Morgan fingerprint density at radius 2 is 1.29 bits per heavy atom. The highest BCUT2D eigenvalue weighted by Gasteiger charge is 2.44. The van der Waals surface area contributed by atoms with E-state index in [9.17, 15) is 9.59 Å². The van der Waals surface area contributed by atoms with E-state index in [0.29, 0.717) is 5.02 Å². The SMILES string of the molecule is CC(=O)OCOC(=O)c1c(Oc2ccc(Cl)c(Cl)c2)nnn1C(c1ccccc1)(c1ccccc1)c1ccccc1. The molecule has 8 nitrogen and oxygen atoms in total. The molecule has 0 atom stereocenters. The van der Waals surface area contributed by atoms with Crippen molar-refractivity contribution in [2.75, 3.05) is 6.79 Å². The molecule has 10 heteroatoms. The maximum atomic E-state index is 13.7. The number of ether oxygens (including phenoxy) is 3. The maximum Gasteiger partial charge on any atom is 0.365 e. The minimum absolute atomic E-state index is 0.125. The summed E-state index contributed by atoms with van der Waals surface area (Å²) in [5.74, 6) is -1.36. The van der Waals surface area contributed by atoms with Gasteiger partial charge in [-0.1, -0.05) is 125 Å². The van der Waals surface area contributed by atoms with E-state index >= 15 is 0 Å². The molecule has 0 N–H and O–H groups in total. The van der Waals surface area contributed by atoms with E-state index in [1.165, 1.54) is 17.7 Å². The molecule has 0 radical (unpaired) electrons. The highest BCUT2D eigenvalue weighted by molar-refractivity contribution is 6.42. The lowest BCUT2D eigenvalue weighted by Gasteiger charge is -2.36. The third kappa shape index (κ3) is 5.66. The fraction of sp³-hybridized carbons (Fsp3) is 0.0968. The molecular formula is C31H23Cl2N3O5. The molecule has 206 valence electrons. The molecule has 0 aliphatic heterocycles. The van der Waals surface area contributed by atoms with Crippen LogP contribution in [0.3, 0.4) is 0 Å². The van der Waals surface area contributed by atoms with Gasteiger partial charge in [0.1, 0.15) is 11.3 Å². The largest absolute Gasteiger partial charge is 0.436 e. The van der Waals surface area contributed by atoms with Crippen LogP contribution in [-0.2, 0) is 19.8 Å². The zero-order chi connectivity index (χ0) is 28.8. The molecule has 1 aromatic heterocycles. The lowest BCUT2D eigenvalue weighted by molar-refractivity contribution is -0.149. The van der Waals surface area contributed by atoms with Crippen LogP contribution in [0, 0.1) is 0 Å². The van der Waals surface area contributed by atoms with Crippen molar-refractivity contribution in [3.63, 3.8) is 0 Å². The molecule has 0 bridgehead atoms. The summed E-state index contributed by atoms with van der Waals surface area (Å²) in [5, 5.41) is 9.35. The number of halogens is 2. The van der Waals surface area contributed by atoms with Gasteiger partial charge in [-0.05, 0) is 28.8 Å². The maximum absolute atomic E-state index is 13.7. The Labute approximate surface area is 246 Å². The van der Waals surface area contributed by atoms with Crippen molar-refractivity contribution in [3.8, 4) is 11.6 Å².